The third-order valence-electron chi connectivity index (χ3n) is 2.74. The Hall–Kier alpha value is -0.440. The van der Waals surface area contributed by atoms with E-state index in [9.17, 15) is 13.2 Å². The summed E-state index contributed by atoms with van der Waals surface area (Å²) < 4.78 is 27.3. The van der Waals surface area contributed by atoms with Crippen LogP contribution in [0.25, 0.3) is 0 Å². The Balaban J connectivity index is 2.23. The topological polar surface area (TPSA) is 83.5 Å². The zero-order valence-corrected chi connectivity index (χ0v) is 12.7. The maximum atomic E-state index is 12.1. The number of carboxylic acid groups (broad SMARTS) is 1. The van der Waals surface area contributed by atoms with Crippen LogP contribution in [0.5, 0.6) is 0 Å². The van der Waals surface area contributed by atoms with Gasteiger partial charge in [-0.1, -0.05) is 0 Å². The van der Waals surface area contributed by atoms with Crippen LogP contribution in [0.3, 0.4) is 0 Å². The summed E-state index contributed by atoms with van der Waals surface area (Å²) in [6.07, 6.45) is 1.51. The normalized spacial score (nSPS) is 17.7. The lowest BCUT2D eigenvalue weighted by atomic mass is 10.2. The van der Waals surface area contributed by atoms with Crippen LogP contribution in [0.1, 0.15) is 18.4 Å². The highest BCUT2D eigenvalue weighted by molar-refractivity contribution is 9.11. The van der Waals surface area contributed by atoms with E-state index in [2.05, 4.69) is 20.7 Å². The lowest BCUT2D eigenvalue weighted by molar-refractivity contribution is -0.139. The molecule has 2 N–H and O–H groups in total. The molecule has 1 heterocycles. The SMILES string of the molecule is Cc1cc(S(=O)(=O)NC(C(=O)O)C2CC2)sc1Br. The first kappa shape index (κ1) is 14.0. The lowest BCUT2D eigenvalue weighted by Gasteiger charge is -2.12. The molecule has 1 aromatic heterocycles. The summed E-state index contributed by atoms with van der Waals surface area (Å²) in [5, 5.41) is 9.02. The first-order chi connectivity index (χ1) is 8.31. The standard InChI is InChI=1S/C10H12BrNO4S2/c1-5-4-7(17-9(5)11)18(15,16)12-8(10(13)14)6-2-3-6/h4,6,8,12H,2-3H2,1H3,(H,13,14). The van der Waals surface area contributed by atoms with Gasteiger partial charge < -0.3 is 5.11 Å². The average Bonchev–Trinajstić information content (AvgIpc) is 3.03. The molecule has 0 bridgehead atoms. The Morgan fingerprint density at radius 2 is 2.22 bits per heavy atom. The minimum absolute atomic E-state index is 0.0817. The molecule has 5 nitrogen and oxygen atoms in total. The van der Waals surface area contributed by atoms with Crippen molar-refractivity contribution in [3.8, 4) is 0 Å². The molecule has 100 valence electrons. The van der Waals surface area contributed by atoms with E-state index in [-0.39, 0.29) is 10.1 Å². The second-order valence-electron chi connectivity index (χ2n) is 4.30. The van der Waals surface area contributed by atoms with E-state index in [4.69, 9.17) is 5.11 Å². The van der Waals surface area contributed by atoms with Gasteiger partial charge in [0.25, 0.3) is 10.0 Å². The molecule has 18 heavy (non-hydrogen) atoms. The Morgan fingerprint density at radius 1 is 1.61 bits per heavy atom. The largest absolute Gasteiger partial charge is 0.480 e. The van der Waals surface area contributed by atoms with Gasteiger partial charge in [0.2, 0.25) is 0 Å². The van der Waals surface area contributed by atoms with Gasteiger partial charge in [-0.2, -0.15) is 4.72 Å². The first-order valence-corrected chi connectivity index (χ1v) is 8.41. The molecule has 0 radical (unpaired) electrons. The summed E-state index contributed by atoms with van der Waals surface area (Å²) in [6.45, 7) is 1.79. The second-order valence-corrected chi connectivity index (χ2v) is 8.61. The summed E-state index contributed by atoms with van der Waals surface area (Å²) in [5.74, 6) is -1.20. The van der Waals surface area contributed by atoms with Crippen LogP contribution in [0.2, 0.25) is 0 Å². The van der Waals surface area contributed by atoms with Gasteiger partial charge in [-0.3, -0.25) is 4.79 Å². The monoisotopic (exact) mass is 353 g/mol. The molecule has 1 unspecified atom stereocenters. The number of hydrogen-bond donors (Lipinski definition) is 2. The maximum absolute atomic E-state index is 12.1. The molecule has 1 aromatic rings. The lowest BCUT2D eigenvalue weighted by Crippen LogP contribution is -2.42. The summed E-state index contributed by atoms with van der Waals surface area (Å²) in [5.41, 5.74) is 0.818. The average molecular weight is 354 g/mol. The zero-order chi connectivity index (χ0) is 13.5. The molecule has 1 saturated carbocycles. The molecule has 0 aromatic carbocycles. The van der Waals surface area contributed by atoms with Gasteiger partial charge in [0.05, 0.1) is 3.79 Å². The van der Waals surface area contributed by atoms with E-state index in [1.165, 1.54) is 6.07 Å². The van der Waals surface area contributed by atoms with Crippen LogP contribution in [-0.4, -0.2) is 25.5 Å². The summed E-state index contributed by atoms with van der Waals surface area (Å²) in [4.78, 5) is 11.0. The van der Waals surface area contributed by atoms with Crippen molar-refractivity contribution in [3.05, 3.63) is 15.4 Å². The van der Waals surface area contributed by atoms with E-state index < -0.39 is 22.0 Å². The summed E-state index contributed by atoms with van der Waals surface area (Å²) in [7, 11) is -3.75. The van der Waals surface area contributed by atoms with Crippen molar-refractivity contribution in [1.29, 1.82) is 0 Å². The highest BCUT2D eigenvalue weighted by Crippen LogP contribution is 2.35. The van der Waals surface area contributed by atoms with Crippen LogP contribution in [0.4, 0.5) is 0 Å². The van der Waals surface area contributed by atoms with Crippen molar-refractivity contribution in [2.45, 2.75) is 30.0 Å². The van der Waals surface area contributed by atoms with E-state index in [0.717, 1.165) is 33.5 Å². The van der Waals surface area contributed by atoms with Crippen LogP contribution >= 0.6 is 27.3 Å². The fourth-order valence-corrected chi connectivity index (χ4v) is 5.07. The molecule has 8 heteroatoms. The van der Waals surface area contributed by atoms with Gasteiger partial charge in [-0.05, 0) is 53.2 Å². The van der Waals surface area contributed by atoms with E-state index in [1.807, 2.05) is 0 Å². The van der Waals surface area contributed by atoms with Gasteiger partial charge >= 0.3 is 5.97 Å². The van der Waals surface area contributed by atoms with Gasteiger partial charge in [0.15, 0.2) is 0 Å². The third kappa shape index (κ3) is 2.93. The van der Waals surface area contributed by atoms with E-state index in [1.54, 1.807) is 6.92 Å². The summed E-state index contributed by atoms with van der Waals surface area (Å²) in [6, 6.07) is 0.513. The number of carbonyl (C=O) groups is 1. The number of carboxylic acids is 1. The molecule has 0 saturated heterocycles. The van der Waals surface area contributed by atoms with Gasteiger partial charge in [-0.25, -0.2) is 8.42 Å². The van der Waals surface area contributed by atoms with Crippen molar-refractivity contribution in [1.82, 2.24) is 4.72 Å². The number of nitrogens with one attached hydrogen (secondary N) is 1. The number of aliphatic carboxylic acids is 1. The number of aryl methyl sites for hydroxylation is 1. The Bertz CT molecular complexity index is 557. The fourth-order valence-electron chi connectivity index (χ4n) is 1.57. The van der Waals surface area contributed by atoms with E-state index in [0.29, 0.717) is 0 Å². The molecule has 0 spiro atoms. The van der Waals surface area contributed by atoms with Crippen molar-refractivity contribution in [3.63, 3.8) is 0 Å². The Kier molecular flexibility index (Phi) is 3.82. The van der Waals surface area contributed by atoms with Gasteiger partial charge in [0.1, 0.15) is 10.3 Å². The number of sulfonamides is 1. The van der Waals surface area contributed by atoms with Crippen LogP contribution in [-0.2, 0) is 14.8 Å². The first-order valence-electron chi connectivity index (χ1n) is 5.32. The molecular weight excluding hydrogens is 342 g/mol. The van der Waals surface area contributed by atoms with E-state index >= 15 is 0 Å². The maximum Gasteiger partial charge on any atom is 0.322 e. The molecule has 0 amide bonds. The predicted molar refractivity (Wildman–Crippen MR) is 71.2 cm³/mol. The molecule has 2 rings (SSSR count). The van der Waals surface area contributed by atoms with Crippen molar-refractivity contribution in [2.75, 3.05) is 0 Å². The number of halogens is 1. The molecule has 1 fully saturated rings. The van der Waals surface area contributed by atoms with Crippen LogP contribution < -0.4 is 4.72 Å². The number of rotatable bonds is 5. The molecule has 0 aliphatic heterocycles. The highest BCUT2D eigenvalue weighted by atomic mass is 79.9. The van der Waals surface area contributed by atoms with Crippen molar-refractivity contribution >= 4 is 43.3 Å². The second kappa shape index (κ2) is 4.92. The van der Waals surface area contributed by atoms with Crippen molar-refractivity contribution in [2.24, 2.45) is 5.92 Å². The summed E-state index contributed by atoms with van der Waals surface area (Å²) >= 11 is 4.34. The minimum atomic E-state index is -3.75. The van der Waals surface area contributed by atoms with Gasteiger partial charge in [0, 0.05) is 0 Å². The highest BCUT2D eigenvalue weighted by Gasteiger charge is 2.39. The number of thiophene rings is 1. The smallest absolute Gasteiger partial charge is 0.322 e. The fraction of sp³-hybridized carbons (Fsp3) is 0.500. The Labute approximate surface area is 117 Å². The van der Waals surface area contributed by atoms with Crippen LogP contribution in [0.15, 0.2) is 14.1 Å². The molecular formula is C10H12BrNO4S2. The third-order valence-corrected chi connectivity index (χ3v) is 6.79. The van der Waals surface area contributed by atoms with Crippen LogP contribution in [0, 0.1) is 12.8 Å². The number of hydrogen-bond acceptors (Lipinski definition) is 4. The molecule has 1 atom stereocenters. The van der Waals surface area contributed by atoms with Crippen molar-refractivity contribution < 1.29 is 18.3 Å². The predicted octanol–water partition coefficient (Wildman–Crippen LogP) is 1.96. The molecule has 1 aliphatic carbocycles. The zero-order valence-electron chi connectivity index (χ0n) is 9.51. The quantitative estimate of drug-likeness (QED) is 0.847. The minimum Gasteiger partial charge on any atom is -0.480 e. The van der Waals surface area contributed by atoms with Gasteiger partial charge in [-0.15, -0.1) is 11.3 Å². The Morgan fingerprint density at radius 3 is 2.61 bits per heavy atom. The molecule has 1 aliphatic rings.